The van der Waals surface area contributed by atoms with E-state index in [1.54, 1.807) is 0 Å². The maximum Gasteiger partial charge on any atom is 0.0640 e. The van der Waals surface area contributed by atoms with Crippen LogP contribution >= 0.6 is 11.6 Å². The van der Waals surface area contributed by atoms with Gasteiger partial charge in [-0.2, -0.15) is 5.26 Å². The first-order valence-corrected chi connectivity index (χ1v) is 7.08. The summed E-state index contributed by atoms with van der Waals surface area (Å²) in [5.41, 5.74) is 2.17. The average molecular weight is 280 g/mol. The molecule has 0 amide bonds. The third kappa shape index (κ3) is 4.74. The van der Waals surface area contributed by atoms with Gasteiger partial charge in [-0.05, 0) is 37.6 Å². The van der Waals surface area contributed by atoms with Gasteiger partial charge in [-0.15, -0.1) is 0 Å². The summed E-state index contributed by atoms with van der Waals surface area (Å²) in [6.07, 6.45) is 1.63. The maximum atomic E-state index is 8.60. The molecule has 0 spiro atoms. The molecule has 0 heterocycles. The Labute approximate surface area is 121 Å². The highest BCUT2D eigenvalue weighted by Gasteiger charge is 2.10. The quantitative estimate of drug-likeness (QED) is 0.826. The van der Waals surface area contributed by atoms with Gasteiger partial charge < -0.3 is 10.2 Å². The molecule has 1 aromatic carbocycles. The van der Waals surface area contributed by atoms with Crippen LogP contribution in [0, 0.1) is 11.3 Å². The van der Waals surface area contributed by atoms with Gasteiger partial charge in [0.25, 0.3) is 0 Å². The van der Waals surface area contributed by atoms with Crippen LogP contribution in [0.3, 0.4) is 0 Å². The van der Waals surface area contributed by atoms with Crippen molar-refractivity contribution < 1.29 is 0 Å². The van der Waals surface area contributed by atoms with Crippen molar-refractivity contribution >= 4 is 17.3 Å². The highest BCUT2D eigenvalue weighted by atomic mass is 35.5. The van der Waals surface area contributed by atoms with Crippen LogP contribution in [0.4, 0.5) is 5.69 Å². The summed E-state index contributed by atoms with van der Waals surface area (Å²) in [6, 6.07) is 8.50. The number of hydrogen-bond donors (Lipinski definition) is 1. The minimum Gasteiger partial charge on any atom is -0.374 e. The summed E-state index contributed by atoms with van der Waals surface area (Å²) in [4.78, 5) is 2.04. The Bertz CT molecular complexity index is 440. The number of hydrogen-bond acceptors (Lipinski definition) is 3. The van der Waals surface area contributed by atoms with E-state index in [1.807, 2.05) is 18.0 Å². The molecule has 0 aliphatic carbocycles. The topological polar surface area (TPSA) is 39.1 Å². The Morgan fingerprint density at radius 1 is 1.47 bits per heavy atom. The van der Waals surface area contributed by atoms with Crippen molar-refractivity contribution in [3.8, 4) is 6.07 Å². The molecule has 1 atom stereocenters. The zero-order chi connectivity index (χ0) is 14.3. The number of nitriles is 1. The second-order valence-electron chi connectivity index (χ2n) is 4.71. The predicted octanol–water partition coefficient (Wildman–Crippen LogP) is 3.75. The van der Waals surface area contributed by atoms with Crippen LogP contribution < -0.4 is 10.2 Å². The fraction of sp³-hybridized carbons (Fsp3) is 0.533. The minimum absolute atomic E-state index is 0.255. The summed E-state index contributed by atoms with van der Waals surface area (Å²) in [5, 5.41) is 12.8. The molecule has 0 radical (unpaired) electrons. The van der Waals surface area contributed by atoms with Gasteiger partial charge in [0.05, 0.1) is 12.5 Å². The number of benzene rings is 1. The Kier molecular flexibility index (Phi) is 6.69. The SMILES string of the molecule is CCCNC(C)c1ccc(N(C)CCC#N)cc1Cl. The van der Waals surface area contributed by atoms with Gasteiger partial charge >= 0.3 is 0 Å². The van der Waals surface area contributed by atoms with Gasteiger partial charge in [-0.3, -0.25) is 0 Å². The third-order valence-corrected chi connectivity index (χ3v) is 3.48. The summed E-state index contributed by atoms with van der Waals surface area (Å²) in [7, 11) is 1.97. The first-order valence-electron chi connectivity index (χ1n) is 6.71. The Morgan fingerprint density at radius 3 is 2.79 bits per heavy atom. The molecular formula is C15H22ClN3. The molecule has 0 aromatic heterocycles. The number of anilines is 1. The third-order valence-electron chi connectivity index (χ3n) is 3.15. The van der Waals surface area contributed by atoms with Crippen molar-refractivity contribution in [3.05, 3.63) is 28.8 Å². The van der Waals surface area contributed by atoms with E-state index >= 15 is 0 Å². The summed E-state index contributed by atoms with van der Waals surface area (Å²) < 4.78 is 0. The first-order chi connectivity index (χ1) is 9.10. The molecule has 0 aliphatic rings. The van der Waals surface area contributed by atoms with Crippen molar-refractivity contribution in [2.75, 3.05) is 25.0 Å². The van der Waals surface area contributed by atoms with E-state index in [2.05, 4.69) is 37.4 Å². The van der Waals surface area contributed by atoms with E-state index in [-0.39, 0.29) is 6.04 Å². The van der Waals surface area contributed by atoms with Gasteiger partial charge in [-0.25, -0.2) is 0 Å². The smallest absolute Gasteiger partial charge is 0.0640 e. The van der Waals surface area contributed by atoms with Crippen LogP contribution in [0.15, 0.2) is 18.2 Å². The first kappa shape index (κ1) is 15.8. The van der Waals surface area contributed by atoms with Crippen LogP contribution in [0.1, 0.15) is 38.3 Å². The van der Waals surface area contributed by atoms with Crippen LogP contribution in [-0.2, 0) is 0 Å². The van der Waals surface area contributed by atoms with Gasteiger partial charge in [0.1, 0.15) is 0 Å². The molecule has 1 unspecified atom stereocenters. The molecular weight excluding hydrogens is 258 g/mol. The lowest BCUT2D eigenvalue weighted by Crippen LogP contribution is -2.20. The molecule has 1 rings (SSSR count). The van der Waals surface area contributed by atoms with E-state index in [0.29, 0.717) is 6.42 Å². The molecule has 0 aliphatic heterocycles. The molecule has 3 nitrogen and oxygen atoms in total. The van der Waals surface area contributed by atoms with Crippen molar-refractivity contribution in [2.24, 2.45) is 0 Å². The van der Waals surface area contributed by atoms with E-state index in [4.69, 9.17) is 16.9 Å². The van der Waals surface area contributed by atoms with Gasteiger partial charge in [0.15, 0.2) is 0 Å². The second kappa shape index (κ2) is 8.04. The normalized spacial score (nSPS) is 11.9. The fourth-order valence-electron chi connectivity index (χ4n) is 1.92. The van der Waals surface area contributed by atoms with Crippen LogP contribution in [0.25, 0.3) is 0 Å². The molecule has 0 fully saturated rings. The Morgan fingerprint density at radius 2 is 2.21 bits per heavy atom. The zero-order valence-corrected chi connectivity index (χ0v) is 12.7. The highest BCUT2D eigenvalue weighted by Crippen LogP contribution is 2.27. The Hall–Kier alpha value is -1.24. The molecule has 1 aromatic rings. The summed E-state index contributed by atoms with van der Waals surface area (Å²) in [5.74, 6) is 0. The average Bonchev–Trinajstić information content (AvgIpc) is 2.41. The number of rotatable bonds is 7. The van der Waals surface area contributed by atoms with Crippen LogP contribution in [0.2, 0.25) is 5.02 Å². The van der Waals surface area contributed by atoms with E-state index in [9.17, 15) is 0 Å². The van der Waals surface area contributed by atoms with Gasteiger partial charge in [-0.1, -0.05) is 24.6 Å². The molecule has 19 heavy (non-hydrogen) atoms. The molecule has 0 bridgehead atoms. The number of halogens is 1. The van der Waals surface area contributed by atoms with Crippen molar-refractivity contribution in [3.63, 3.8) is 0 Å². The summed E-state index contributed by atoms with van der Waals surface area (Å²) in [6.45, 7) is 5.97. The second-order valence-corrected chi connectivity index (χ2v) is 5.12. The molecule has 4 heteroatoms. The number of nitrogens with zero attached hydrogens (tertiary/aromatic N) is 2. The van der Waals surface area contributed by atoms with Crippen LogP contribution in [0.5, 0.6) is 0 Å². The lowest BCUT2D eigenvalue weighted by atomic mass is 10.1. The lowest BCUT2D eigenvalue weighted by Gasteiger charge is -2.21. The van der Waals surface area contributed by atoms with Crippen molar-refractivity contribution in [1.82, 2.24) is 5.32 Å². The standard InChI is InChI=1S/C15H22ClN3/c1-4-9-18-12(2)14-7-6-13(11-15(14)16)19(3)10-5-8-17/h6-7,11-12,18H,4-5,9-10H2,1-3H3. The maximum absolute atomic E-state index is 8.60. The molecule has 1 N–H and O–H groups in total. The van der Waals surface area contributed by atoms with Crippen molar-refractivity contribution in [2.45, 2.75) is 32.7 Å². The highest BCUT2D eigenvalue weighted by molar-refractivity contribution is 6.31. The van der Waals surface area contributed by atoms with Gasteiger partial charge in [0, 0.05) is 30.3 Å². The summed E-state index contributed by atoms with van der Waals surface area (Å²) >= 11 is 6.35. The van der Waals surface area contributed by atoms with Gasteiger partial charge in [0.2, 0.25) is 0 Å². The van der Waals surface area contributed by atoms with Crippen molar-refractivity contribution in [1.29, 1.82) is 5.26 Å². The lowest BCUT2D eigenvalue weighted by molar-refractivity contribution is 0.571. The minimum atomic E-state index is 0.255. The monoisotopic (exact) mass is 279 g/mol. The predicted molar refractivity (Wildman–Crippen MR) is 81.7 cm³/mol. The number of nitrogens with one attached hydrogen (secondary N) is 1. The van der Waals surface area contributed by atoms with Crippen LogP contribution in [-0.4, -0.2) is 20.1 Å². The van der Waals surface area contributed by atoms with E-state index in [0.717, 1.165) is 35.8 Å². The van der Waals surface area contributed by atoms with E-state index < -0.39 is 0 Å². The molecule has 0 saturated heterocycles. The Balaban J connectivity index is 2.76. The van der Waals surface area contributed by atoms with E-state index in [1.165, 1.54) is 0 Å². The zero-order valence-electron chi connectivity index (χ0n) is 11.9. The largest absolute Gasteiger partial charge is 0.374 e. The fourth-order valence-corrected chi connectivity index (χ4v) is 2.26. The molecule has 104 valence electrons. The molecule has 0 saturated carbocycles.